The fourth-order valence-electron chi connectivity index (χ4n) is 1.39. The van der Waals surface area contributed by atoms with Crippen LogP contribution in [0.1, 0.15) is 5.56 Å². The molecule has 0 aliphatic rings. The molecule has 0 spiro atoms. The first kappa shape index (κ1) is 11.0. The second-order valence-corrected chi connectivity index (χ2v) is 3.46. The Balaban J connectivity index is 1.98. The summed E-state index contributed by atoms with van der Waals surface area (Å²) in [6.07, 6.45) is 0. The summed E-state index contributed by atoms with van der Waals surface area (Å²) in [5.74, 6) is 0.839. The highest BCUT2D eigenvalue weighted by Crippen LogP contribution is 2.15. The molecule has 0 heterocycles. The van der Waals surface area contributed by atoms with Gasteiger partial charge >= 0.3 is 0 Å². The van der Waals surface area contributed by atoms with Gasteiger partial charge in [-0.15, -0.1) is 0 Å². The lowest BCUT2D eigenvalue weighted by molar-refractivity contribution is 0.306. The van der Waals surface area contributed by atoms with Crippen LogP contribution in [-0.4, -0.2) is 0 Å². The van der Waals surface area contributed by atoms with E-state index in [2.05, 4.69) is 10.0 Å². The Morgan fingerprint density at radius 1 is 1.00 bits per heavy atom. The second-order valence-electron chi connectivity index (χ2n) is 3.46. The highest BCUT2D eigenvalue weighted by molar-refractivity contribution is 5.38. The number of para-hydroxylation sites is 1. The largest absolute Gasteiger partial charge is 0.489 e. The Hall–Kier alpha value is -2.45. The van der Waals surface area contributed by atoms with Crippen LogP contribution < -0.4 is 4.74 Å². The van der Waals surface area contributed by atoms with Crippen LogP contribution in [0.15, 0.2) is 59.7 Å². The molecule has 0 N–H and O–H groups in total. The zero-order valence-electron chi connectivity index (χ0n) is 9.15. The zero-order valence-corrected chi connectivity index (χ0v) is 9.15. The number of benzene rings is 2. The summed E-state index contributed by atoms with van der Waals surface area (Å²) < 4.78 is 5.59. The summed E-state index contributed by atoms with van der Waals surface area (Å²) in [6.45, 7) is 0.501. The van der Waals surface area contributed by atoms with Crippen molar-refractivity contribution in [2.75, 3.05) is 0 Å². The molecular formula is C13H11N3O. The van der Waals surface area contributed by atoms with Crippen LogP contribution in [0.5, 0.6) is 5.75 Å². The molecule has 0 amide bonds. The van der Waals surface area contributed by atoms with Crippen LogP contribution in [0.3, 0.4) is 0 Å². The summed E-state index contributed by atoms with van der Waals surface area (Å²) in [5.41, 5.74) is 9.92. The van der Waals surface area contributed by atoms with E-state index in [-0.39, 0.29) is 0 Å². The van der Waals surface area contributed by atoms with Gasteiger partial charge in [0.1, 0.15) is 12.4 Å². The zero-order chi connectivity index (χ0) is 11.9. The van der Waals surface area contributed by atoms with Crippen molar-refractivity contribution in [2.24, 2.45) is 5.11 Å². The van der Waals surface area contributed by atoms with Gasteiger partial charge in [0, 0.05) is 10.6 Å². The van der Waals surface area contributed by atoms with Crippen molar-refractivity contribution in [1.29, 1.82) is 0 Å². The van der Waals surface area contributed by atoms with Gasteiger partial charge in [-0.05, 0) is 23.2 Å². The molecule has 0 bridgehead atoms. The maximum Gasteiger partial charge on any atom is 0.119 e. The van der Waals surface area contributed by atoms with Crippen molar-refractivity contribution >= 4 is 5.69 Å². The number of azide groups is 1. The monoisotopic (exact) mass is 225 g/mol. The summed E-state index contributed by atoms with van der Waals surface area (Å²) >= 11 is 0. The van der Waals surface area contributed by atoms with Crippen LogP contribution in [0.4, 0.5) is 5.69 Å². The Labute approximate surface area is 99.1 Å². The lowest BCUT2D eigenvalue weighted by atomic mass is 10.2. The molecule has 84 valence electrons. The molecule has 2 rings (SSSR count). The Bertz CT molecular complexity index is 516. The molecule has 0 saturated carbocycles. The van der Waals surface area contributed by atoms with Crippen LogP contribution in [-0.2, 0) is 6.61 Å². The number of ether oxygens (including phenoxy) is 1. The highest BCUT2D eigenvalue weighted by atomic mass is 16.5. The quantitative estimate of drug-likeness (QED) is 0.437. The van der Waals surface area contributed by atoms with E-state index in [1.165, 1.54) is 0 Å². The summed E-state index contributed by atoms with van der Waals surface area (Å²) in [6, 6.07) is 16.9. The lowest BCUT2D eigenvalue weighted by Crippen LogP contribution is -1.94. The van der Waals surface area contributed by atoms with Crippen molar-refractivity contribution in [3.05, 3.63) is 70.6 Å². The average molecular weight is 225 g/mol. The average Bonchev–Trinajstić information content (AvgIpc) is 2.40. The van der Waals surface area contributed by atoms with Gasteiger partial charge in [0.15, 0.2) is 0 Å². The van der Waals surface area contributed by atoms with Gasteiger partial charge in [-0.2, -0.15) is 0 Å². The Morgan fingerprint density at radius 2 is 1.71 bits per heavy atom. The molecule has 2 aromatic carbocycles. The summed E-state index contributed by atoms with van der Waals surface area (Å²) in [4.78, 5) is 2.72. The van der Waals surface area contributed by atoms with Crippen molar-refractivity contribution < 1.29 is 4.74 Å². The van der Waals surface area contributed by atoms with Crippen LogP contribution in [0.25, 0.3) is 10.4 Å². The van der Waals surface area contributed by atoms with Gasteiger partial charge in [0.05, 0.1) is 0 Å². The van der Waals surface area contributed by atoms with E-state index in [0.29, 0.717) is 12.3 Å². The third-order valence-corrected chi connectivity index (χ3v) is 2.25. The highest BCUT2D eigenvalue weighted by Gasteiger charge is 1.95. The normalized spacial score (nSPS) is 9.41. The molecule has 0 aromatic heterocycles. The molecule has 0 aliphatic carbocycles. The molecule has 17 heavy (non-hydrogen) atoms. The molecule has 0 aliphatic heterocycles. The van der Waals surface area contributed by atoms with Crippen LogP contribution >= 0.6 is 0 Å². The molecule has 4 heteroatoms. The summed E-state index contributed by atoms with van der Waals surface area (Å²) in [5, 5.41) is 3.51. The van der Waals surface area contributed by atoms with Crippen LogP contribution in [0.2, 0.25) is 0 Å². The molecule has 0 saturated heterocycles. The van der Waals surface area contributed by atoms with Gasteiger partial charge in [0.2, 0.25) is 0 Å². The predicted molar refractivity (Wildman–Crippen MR) is 66.0 cm³/mol. The van der Waals surface area contributed by atoms with E-state index in [0.717, 1.165) is 11.3 Å². The topological polar surface area (TPSA) is 58.0 Å². The van der Waals surface area contributed by atoms with Crippen molar-refractivity contribution in [2.45, 2.75) is 6.61 Å². The van der Waals surface area contributed by atoms with Crippen molar-refractivity contribution in [3.63, 3.8) is 0 Å². The Kier molecular flexibility index (Phi) is 3.63. The number of rotatable bonds is 4. The second kappa shape index (κ2) is 5.58. The van der Waals surface area contributed by atoms with E-state index in [1.807, 2.05) is 42.5 Å². The molecular weight excluding hydrogens is 214 g/mol. The first-order valence-corrected chi connectivity index (χ1v) is 5.20. The number of hydrogen-bond donors (Lipinski definition) is 0. The first-order valence-electron chi connectivity index (χ1n) is 5.20. The van der Waals surface area contributed by atoms with Gasteiger partial charge in [-0.3, -0.25) is 0 Å². The molecule has 2 aromatic rings. The minimum absolute atomic E-state index is 0.501. The molecule has 0 atom stereocenters. The van der Waals surface area contributed by atoms with Crippen molar-refractivity contribution in [1.82, 2.24) is 0 Å². The van der Waals surface area contributed by atoms with Gasteiger partial charge < -0.3 is 4.74 Å². The fraction of sp³-hybridized carbons (Fsp3) is 0.0769. The molecule has 0 unspecified atom stereocenters. The summed E-state index contributed by atoms with van der Waals surface area (Å²) in [7, 11) is 0. The third kappa shape index (κ3) is 3.26. The minimum Gasteiger partial charge on any atom is -0.489 e. The van der Waals surface area contributed by atoms with Gasteiger partial charge in [0.25, 0.3) is 0 Å². The van der Waals surface area contributed by atoms with Gasteiger partial charge in [-0.1, -0.05) is 47.6 Å². The number of hydrogen-bond acceptors (Lipinski definition) is 2. The van der Waals surface area contributed by atoms with E-state index >= 15 is 0 Å². The Morgan fingerprint density at radius 3 is 2.35 bits per heavy atom. The standard InChI is InChI=1S/C13H11N3O/c14-16-15-12-8-6-11(7-9-12)10-17-13-4-2-1-3-5-13/h1-9H,10H2. The van der Waals surface area contributed by atoms with Gasteiger partial charge in [-0.25, -0.2) is 0 Å². The minimum atomic E-state index is 0.501. The predicted octanol–water partition coefficient (Wildman–Crippen LogP) is 4.21. The van der Waals surface area contributed by atoms with E-state index < -0.39 is 0 Å². The molecule has 0 radical (unpaired) electrons. The fourth-order valence-corrected chi connectivity index (χ4v) is 1.39. The SMILES string of the molecule is [N-]=[N+]=Nc1ccc(COc2ccccc2)cc1. The molecule has 4 nitrogen and oxygen atoms in total. The van der Waals surface area contributed by atoms with E-state index in [9.17, 15) is 0 Å². The smallest absolute Gasteiger partial charge is 0.119 e. The van der Waals surface area contributed by atoms with Crippen LogP contribution in [0, 0.1) is 0 Å². The molecule has 0 fully saturated rings. The maximum atomic E-state index is 8.27. The van der Waals surface area contributed by atoms with E-state index in [1.54, 1.807) is 12.1 Å². The van der Waals surface area contributed by atoms with Crippen molar-refractivity contribution in [3.8, 4) is 5.75 Å². The maximum absolute atomic E-state index is 8.27. The lowest BCUT2D eigenvalue weighted by Gasteiger charge is -2.05. The van der Waals surface area contributed by atoms with E-state index in [4.69, 9.17) is 10.3 Å². The first-order chi connectivity index (χ1) is 8.38. The number of nitrogens with zero attached hydrogens (tertiary/aromatic N) is 3. The third-order valence-electron chi connectivity index (χ3n) is 2.25.